The molecule has 0 atom stereocenters. The molecule has 0 fully saturated rings. The Morgan fingerprint density at radius 3 is 2.88 bits per heavy atom. The minimum atomic E-state index is -0.510. The number of carbonyl (C=O) groups is 1. The van der Waals surface area contributed by atoms with Crippen LogP contribution in [0.4, 0.5) is 0 Å². The standard InChI is InChI=1S/C11H14N2O3/c1-15-7-8-3-4-13-10(5-8)9(6-12)11(14)16-2/h3-6H,7,12H2,1-2H3. The molecule has 0 aliphatic rings. The molecule has 1 heterocycles. The minimum Gasteiger partial charge on any atom is -0.465 e. The lowest BCUT2D eigenvalue weighted by Crippen LogP contribution is -2.07. The Bertz CT molecular complexity index is 402. The van der Waals surface area contributed by atoms with E-state index in [4.69, 9.17) is 10.5 Å². The van der Waals surface area contributed by atoms with Crippen LogP contribution in [0.1, 0.15) is 11.3 Å². The predicted octanol–water partition coefficient (Wildman–Crippen LogP) is 0.701. The van der Waals surface area contributed by atoms with Gasteiger partial charge in [0.05, 0.1) is 19.4 Å². The molecule has 0 bridgehead atoms. The number of pyridine rings is 1. The molecule has 0 aromatic carbocycles. The number of esters is 1. The summed E-state index contributed by atoms with van der Waals surface area (Å²) >= 11 is 0. The van der Waals surface area contributed by atoms with Crippen molar-refractivity contribution in [3.8, 4) is 0 Å². The van der Waals surface area contributed by atoms with Crippen molar-refractivity contribution in [3.63, 3.8) is 0 Å². The van der Waals surface area contributed by atoms with Gasteiger partial charge in [-0.05, 0) is 17.7 Å². The Balaban J connectivity index is 3.02. The molecular formula is C11H14N2O3. The first kappa shape index (κ1) is 12.2. The van der Waals surface area contributed by atoms with Crippen LogP contribution in [0.5, 0.6) is 0 Å². The van der Waals surface area contributed by atoms with E-state index in [0.29, 0.717) is 12.3 Å². The molecule has 2 N–H and O–H groups in total. The van der Waals surface area contributed by atoms with E-state index in [-0.39, 0.29) is 5.57 Å². The number of rotatable bonds is 4. The van der Waals surface area contributed by atoms with Gasteiger partial charge in [0.15, 0.2) is 0 Å². The second-order valence-corrected chi connectivity index (χ2v) is 3.05. The van der Waals surface area contributed by atoms with Crippen molar-refractivity contribution in [1.82, 2.24) is 4.98 Å². The van der Waals surface area contributed by atoms with Crippen molar-refractivity contribution >= 4 is 11.5 Å². The fourth-order valence-corrected chi connectivity index (χ4v) is 1.25. The maximum atomic E-state index is 11.4. The van der Waals surface area contributed by atoms with Crippen molar-refractivity contribution in [3.05, 3.63) is 35.8 Å². The molecule has 0 unspecified atom stereocenters. The van der Waals surface area contributed by atoms with E-state index >= 15 is 0 Å². The van der Waals surface area contributed by atoms with Crippen LogP contribution in [0.3, 0.4) is 0 Å². The number of hydrogen-bond donors (Lipinski definition) is 1. The highest BCUT2D eigenvalue weighted by Gasteiger charge is 2.13. The molecule has 0 saturated heterocycles. The predicted molar refractivity (Wildman–Crippen MR) is 59.1 cm³/mol. The average molecular weight is 222 g/mol. The van der Waals surface area contributed by atoms with Crippen molar-refractivity contribution in [2.24, 2.45) is 5.73 Å². The molecule has 0 radical (unpaired) electrons. The van der Waals surface area contributed by atoms with Gasteiger partial charge >= 0.3 is 5.97 Å². The van der Waals surface area contributed by atoms with Gasteiger partial charge in [-0.2, -0.15) is 0 Å². The van der Waals surface area contributed by atoms with Gasteiger partial charge in [0.25, 0.3) is 0 Å². The Kier molecular flexibility index (Phi) is 4.47. The van der Waals surface area contributed by atoms with Gasteiger partial charge in [-0.1, -0.05) is 0 Å². The highest BCUT2D eigenvalue weighted by atomic mass is 16.5. The van der Waals surface area contributed by atoms with Crippen LogP contribution >= 0.6 is 0 Å². The Labute approximate surface area is 93.9 Å². The summed E-state index contributed by atoms with van der Waals surface area (Å²) in [6.07, 6.45) is 2.78. The summed E-state index contributed by atoms with van der Waals surface area (Å²) in [6, 6.07) is 3.54. The molecule has 0 aliphatic carbocycles. The van der Waals surface area contributed by atoms with Gasteiger partial charge < -0.3 is 15.2 Å². The van der Waals surface area contributed by atoms with E-state index in [1.165, 1.54) is 13.3 Å². The number of hydrogen-bond acceptors (Lipinski definition) is 5. The molecule has 1 rings (SSSR count). The van der Waals surface area contributed by atoms with Crippen LogP contribution in [0.25, 0.3) is 5.57 Å². The second kappa shape index (κ2) is 5.87. The smallest absolute Gasteiger partial charge is 0.341 e. The van der Waals surface area contributed by atoms with E-state index in [1.807, 2.05) is 0 Å². The average Bonchev–Trinajstić information content (AvgIpc) is 2.31. The van der Waals surface area contributed by atoms with E-state index in [2.05, 4.69) is 9.72 Å². The van der Waals surface area contributed by atoms with Gasteiger partial charge in [0.1, 0.15) is 5.57 Å². The van der Waals surface area contributed by atoms with E-state index in [1.54, 1.807) is 25.4 Å². The maximum absolute atomic E-state index is 11.4. The fraction of sp³-hybridized carbons (Fsp3) is 0.273. The molecule has 5 nitrogen and oxygen atoms in total. The summed E-state index contributed by atoms with van der Waals surface area (Å²) in [5.41, 5.74) is 7.00. The van der Waals surface area contributed by atoms with Crippen LogP contribution in [0.2, 0.25) is 0 Å². The lowest BCUT2D eigenvalue weighted by Gasteiger charge is -2.05. The third-order valence-corrected chi connectivity index (χ3v) is 1.98. The summed E-state index contributed by atoms with van der Waals surface area (Å²) in [7, 11) is 2.89. The monoisotopic (exact) mass is 222 g/mol. The quantitative estimate of drug-likeness (QED) is 0.599. The first-order valence-corrected chi connectivity index (χ1v) is 4.67. The molecule has 0 amide bonds. The SMILES string of the molecule is COCc1ccnc(C(=CN)C(=O)OC)c1. The molecule has 0 spiro atoms. The zero-order chi connectivity index (χ0) is 12.0. The number of carbonyl (C=O) groups excluding carboxylic acids is 1. The Morgan fingerprint density at radius 2 is 2.31 bits per heavy atom. The van der Waals surface area contributed by atoms with E-state index in [9.17, 15) is 4.79 Å². The third kappa shape index (κ3) is 2.80. The summed E-state index contributed by atoms with van der Waals surface area (Å²) in [5.74, 6) is -0.510. The van der Waals surface area contributed by atoms with Gasteiger partial charge in [-0.3, -0.25) is 4.98 Å². The summed E-state index contributed by atoms with van der Waals surface area (Å²) in [5, 5.41) is 0. The van der Waals surface area contributed by atoms with E-state index in [0.717, 1.165) is 5.56 Å². The molecular weight excluding hydrogens is 208 g/mol. The van der Waals surface area contributed by atoms with E-state index < -0.39 is 5.97 Å². The van der Waals surface area contributed by atoms with Gasteiger partial charge in [-0.15, -0.1) is 0 Å². The zero-order valence-corrected chi connectivity index (χ0v) is 9.27. The summed E-state index contributed by atoms with van der Waals surface area (Å²) < 4.78 is 9.59. The van der Waals surface area contributed by atoms with Crippen molar-refractivity contribution in [1.29, 1.82) is 0 Å². The number of nitrogens with zero attached hydrogens (tertiary/aromatic N) is 1. The number of aromatic nitrogens is 1. The van der Waals surface area contributed by atoms with Crippen molar-refractivity contribution in [2.45, 2.75) is 6.61 Å². The number of methoxy groups -OCH3 is 2. The maximum Gasteiger partial charge on any atom is 0.341 e. The highest BCUT2D eigenvalue weighted by molar-refractivity contribution is 6.15. The molecule has 0 aliphatic heterocycles. The fourth-order valence-electron chi connectivity index (χ4n) is 1.25. The topological polar surface area (TPSA) is 74.4 Å². The molecule has 1 aromatic heterocycles. The van der Waals surface area contributed by atoms with Crippen LogP contribution in [-0.2, 0) is 20.9 Å². The number of ether oxygens (including phenoxy) is 2. The lowest BCUT2D eigenvalue weighted by molar-refractivity contribution is -0.133. The number of nitrogens with two attached hydrogens (primary N) is 1. The van der Waals surface area contributed by atoms with Gasteiger partial charge in [0, 0.05) is 19.5 Å². The molecule has 16 heavy (non-hydrogen) atoms. The van der Waals surface area contributed by atoms with Crippen LogP contribution in [0.15, 0.2) is 24.5 Å². The molecule has 86 valence electrons. The van der Waals surface area contributed by atoms with Gasteiger partial charge in [0.2, 0.25) is 0 Å². The normalized spacial score (nSPS) is 11.2. The summed E-state index contributed by atoms with van der Waals surface area (Å²) in [6.45, 7) is 0.453. The second-order valence-electron chi connectivity index (χ2n) is 3.05. The lowest BCUT2D eigenvalue weighted by atomic mass is 10.1. The third-order valence-electron chi connectivity index (χ3n) is 1.98. The molecule has 0 saturated carbocycles. The van der Waals surface area contributed by atoms with Crippen LogP contribution in [0, 0.1) is 0 Å². The Hall–Kier alpha value is -1.88. The molecule has 1 aromatic rings. The van der Waals surface area contributed by atoms with Crippen LogP contribution < -0.4 is 5.73 Å². The summed E-state index contributed by atoms with van der Waals surface area (Å²) in [4.78, 5) is 15.4. The minimum absolute atomic E-state index is 0.237. The van der Waals surface area contributed by atoms with Crippen molar-refractivity contribution in [2.75, 3.05) is 14.2 Å². The Morgan fingerprint density at radius 1 is 1.56 bits per heavy atom. The first-order valence-electron chi connectivity index (χ1n) is 4.67. The van der Waals surface area contributed by atoms with Crippen LogP contribution in [-0.4, -0.2) is 25.2 Å². The van der Waals surface area contributed by atoms with Gasteiger partial charge in [-0.25, -0.2) is 4.79 Å². The highest BCUT2D eigenvalue weighted by Crippen LogP contribution is 2.14. The zero-order valence-electron chi connectivity index (χ0n) is 9.27. The van der Waals surface area contributed by atoms with Crippen molar-refractivity contribution < 1.29 is 14.3 Å². The largest absolute Gasteiger partial charge is 0.465 e. The molecule has 5 heteroatoms. The first-order chi connectivity index (χ1) is 7.72.